The van der Waals surface area contributed by atoms with E-state index in [0.29, 0.717) is 0 Å². The Morgan fingerprint density at radius 3 is 3.07 bits per heavy atom. The Kier molecular flexibility index (Phi) is 3.18. The number of likely N-dealkylation sites (N-methyl/N-ethyl adjacent to an activating group) is 1. The van der Waals surface area contributed by atoms with Crippen LogP contribution in [0.15, 0.2) is 23.7 Å². The molecule has 2 rings (SSSR count). The monoisotopic (exact) mass is 221 g/mol. The van der Waals surface area contributed by atoms with Crippen molar-refractivity contribution >= 4 is 11.3 Å². The molecule has 0 unspecified atom stereocenters. The van der Waals surface area contributed by atoms with Crippen LogP contribution in [0.5, 0.6) is 0 Å². The summed E-state index contributed by atoms with van der Waals surface area (Å²) in [6.07, 6.45) is 3.06. The summed E-state index contributed by atoms with van der Waals surface area (Å²) >= 11 is 1.73. The first-order valence-electron chi connectivity index (χ1n) is 5.02. The van der Waals surface area contributed by atoms with Crippen molar-refractivity contribution in [1.29, 1.82) is 0 Å². The molecule has 2 aromatic heterocycles. The largest absolute Gasteiger partial charge is 0.337 e. The van der Waals surface area contributed by atoms with Gasteiger partial charge in [-0.3, -0.25) is 0 Å². The average molecular weight is 221 g/mol. The summed E-state index contributed by atoms with van der Waals surface area (Å²) in [7, 11) is 4.01. The van der Waals surface area contributed by atoms with Gasteiger partial charge in [-0.15, -0.1) is 11.3 Å². The molecule has 0 radical (unpaired) electrons. The third-order valence-electron chi connectivity index (χ3n) is 2.34. The first kappa shape index (κ1) is 10.4. The van der Waals surface area contributed by atoms with Gasteiger partial charge in [-0.25, -0.2) is 4.98 Å². The van der Waals surface area contributed by atoms with Crippen molar-refractivity contribution in [2.45, 2.75) is 6.42 Å². The molecule has 0 aliphatic carbocycles. The Balaban J connectivity index is 2.21. The number of nitrogens with one attached hydrogen (secondary N) is 1. The lowest BCUT2D eigenvalue weighted by molar-refractivity contribution is 0.718. The fourth-order valence-corrected chi connectivity index (χ4v) is 2.20. The lowest BCUT2D eigenvalue weighted by Crippen LogP contribution is -2.12. The Labute approximate surface area is 93.8 Å². The van der Waals surface area contributed by atoms with Crippen LogP contribution >= 0.6 is 11.3 Å². The van der Waals surface area contributed by atoms with Crippen molar-refractivity contribution in [2.24, 2.45) is 7.05 Å². The fraction of sp³-hybridized carbons (Fsp3) is 0.364. The molecule has 0 saturated carbocycles. The van der Waals surface area contributed by atoms with E-state index in [1.807, 2.05) is 7.05 Å². The second-order valence-electron chi connectivity index (χ2n) is 3.48. The molecule has 0 bridgehead atoms. The molecule has 3 nitrogen and oxygen atoms in total. The number of aromatic nitrogens is 2. The van der Waals surface area contributed by atoms with E-state index in [1.165, 1.54) is 4.88 Å². The fourth-order valence-electron chi connectivity index (χ4n) is 1.52. The molecule has 2 heterocycles. The molecule has 1 N–H and O–H groups in total. The predicted octanol–water partition coefficient (Wildman–Crippen LogP) is 1.91. The van der Waals surface area contributed by atoms with Crippen molar-refractivity contribution in [3.05, 3.63) is 29.5 Å². The van der Waals surface area contributed by atoms with E-state index < -0.39 is 0 Å². The second kappa shape index (κ2) is 4.59. The van der Waals surface area contributed by atoms with Crippen LogP contribution in [0, 0.1) is 0 Å². The summed E-state index contributed by atoms with van der Waals surface area (Å²) in [5, 5.41) is 5.22. The molecule has 0 amide bonds. The van der Waals surface area contributed by atoms with Crippen LogP contribution in [0.25, 0.3) is 10.6 Å². The van der Waals surface area contributed by atoms with Crippen LogP contribution in [-0.2, 0) is 13.5 Å². The minimum absolute atomic E-state index is 0.967. The zero-order valence-corrected chi connectivity index (χ0v) is 9.84. The molecule has 0 aliphatic heterocycles. The summed E-state index contributed by atoms with van der Waals surface area (Å²) in [4.78, 5) is 5.86. The third-order valence-corrected chi connectivity index (χ3v) is 3.24. The summed E-state index contributed by atoms with van der Waals surface area (Å²) in [6, 6.07) is 4.16. The zero-order valence-electron chi connectivity index (χ0n) is 9.03. The highest BCUT2D eigenvalue weighted by molar-refractivity contribution is 7.13. The number of hydrogen-bond donors (Lipinski definition) is 1. The maximum absolute atomic E-state index is 4.62. The van der Waals surface area contributed by atoms with Crippen molar-refractivity contribution < 1.29 is 0 Å². The second-order valence-corrected chi connectivity index (χ2v) is 4.43. The van der Waals surface area contributed by atoms with Crippen molar-refractivity contribution in [3.8, 4) is 10.6 Å². The minimum Gasteiger partial charge on any atom is -0.337 e. The van der Waals surface area contributed by atoms with E-state index in [1.54, 1.807) is 11.3 Å². The summed E-state index contributed by atoms with van der Waals surface area (Å²) < 4.78 is 2.10. The highest BCUT2D eigenvalue weighted by Gasteiger charge is 2.06. The van der Waals surface area contributed by atoms with Gasteiger partial charge in [-0.1, -0.05) is 6.07 Å². The van der Waals surface area contributed by atoms with E-state index in [2.05, 4.69) is 45.6 Å². The van der Waals surface area contributed by atoms with E-state index in [9.17, 15) is 0 Å². The minimum atomic E-state index is 0.967. The van der Waals surface area contributed by atoms with Crippen LogP contribution in [0.1, 0.15) is 5.82 Å². The first-order valence-corrected chi connectivity index (χ1v) is 5.90. The number of rotatable bonds is 4. The van der Waals surface area contributed by atoms with Crippen LogP contribution in [-0.4, -0.2) is 23.1 Å². The molecule has 4 heteroatoms. The summed E-state index contributed by atoms with van der Waals surface area (Å²) in [5.74, 6) is 1.13. The van der Waals surface area contributed by atoms with Gasteiger partial charge in [0, 0.05) is 26.2 Å². The number of hydrogen-bond acceptors (Lipinski definition) is 3. The Hall–Kier alpha value is -1.13. The molecular weight excluding hydrogens is 206 g/mol. The topological polar surface area (TPSA) is 29.9 Å². The highest BCUT2D eigenvalue weighted by atomic mass is 32.1. The van der Waals surface area contributed by atoms with Gasteiger partial charge in [0.25, 0.3) is 0 Å². The normalized spacial score (nSPS) is 10.8. The molecule has 80 valence electrons. The molecular formula is C11H15N3S. The SMILES string of the molecule is CNCCc1nc(-c2cccs2)cn1C. The molecule has 0 spiro atoms. The zero-order chi connectivity index (χ0) is 10.7. The van der Waals surface area contributed by atoms with E-state index in [0.717, 1.165) is 24.5 Å². The summed E-state index contributed by atoms with van der Waals surface area (Å²) in [6.45, 7) is 0.967. The van der Waals surface area contributed by atoms with Gasteiger partial charge >= 0.3 is 0 Å². The van der Waals surface area contributed by atoms with Gasteiger partial charge in [-0.05, 0) is 18.5 Å². The van der Waals surface area contributed by atoms with Crippen molar-refractivity contribution in [1.82, 2.24) is 14.9 Å². The molecule has 0 fully saturated rings. The quantitative estimate of drug-likeness (QED) is 0.854. The molecule has 0 aromatic carbocycles. The van der Waals surface area contributed by atoms with Gasteiger partial charge in [0.1, 0.15) is 5.82 Å². The van der Waals surface area contributed by atoms with E-state index >= 15 is 0 Å². The number of imidazole rings is 1. The third kappa shape index (κ3) is 2.27. The molecule has 15 heavy (non-hydrogen) atoms. The highest BCUT2D eigenvalue weighted by Crippen LogP contribution is 2.23. The summed E-state index contributed by atoms with van der Waals surface area (Å²) in [5.41, 5.74) is 1.08. The molecule has 0 aliphatic rings. The van der Waals surface area contributed by atoms with Gasteiger partial charge in [0.15, 0.2) is 0 Å². The maximum Gasteiger partial charge on any atom is 0.110 e. The maximum atomic E-state index is 4.62. The lowest BCUT2D eigenvalue weighted by atomic mass is 10.4. The predicted molar refractivity (Wildman–Crippen MR) is 64.2 cm³/mol. The van der Waals surface area contributed by atoms with Gasteiger partial charge in [0.05, 0.1) is 10.6 Å². The van der Waals surface area contributed by atoms with Gasteiger partial charge < -0.3 is 9.88 Å². The molecule has 0 saturated heterocycles. The van der Waals surface area contributed by atoms with Crippen LogP contribution in [0.4, 0.5) is 0 Å². The first-order chi connectivity index (χ1) is 7.31. The van der Waals surface area contributed by atoms with Crippen LogP contribution in [0.2, 0.25) is 0 Å². The van der Waals surface area contributed by atoms with E-state index in [-0.39, 0.29) is 0 Å². The van der Waals surface area contributed by atoms with E-state index in [4.69, 9.17) is 0 Å². The van der Waals surface area contributed by atoms with Crippen molar-refractivity contribution in [2.75, 3.05) is 13.6 Å². The standard InChI is InChI=1S/C11H15N3S/c1-12-6-5-11-13-9(8-14(11)2)10-4-3-7-15-10/h3-4,7-8,12H,5-6H2,1-2H3. The lowest BCUT2D eigenvalue weighted by Gasteiger charge is -1.99. The van der Waals surface area contributed by atoms with Gasteiger partial charge in [-0.2, -0.15) is 0 Å². The Morgan fingerprint density at radius 2 is 2.40 bits per heavy atom. The van der Waals surface area contributed by atoms with Crippen LogP contribution in [0.3, 0.4) is 0 Å². The molecule has 2 aromatic rings. The van der Waals surface area contributed by atoms with Crippen molar-refractivity contribution in [3.63, 3.8) is 0 Å². The number of aryl methyl sites for hydroxylation is 1. The average Bonchev–Trinajstić information content (AvgIpc) is 2.83. The Morgan fingerprint density at radius 1 is 1.53 bits per heavy atom. The number of thiophene rings is 1. The number of nitrogens with zero attached hydrogens (tertiary/aromatic N) is 2. The smallest absolute Gasteiger partial charge is 0.110 e. The van der Waals surface area contributed by atoms with Crippen LogP contribution < -0.4 is 5.32 Å². The Bertz CT molecular complexity index is 417. The molecule has 0 atom stereocenters. The van der Waals surface area contributed by atoms with Gasteiger partial charge in [0.2, 0.25) is 0 Å².